The number of rotatable bonds is 0. The van der Waals surface area contributed by atoms with Gasteiger partial charge in [0.25, 0.3) is 0 Å². The Morgan fingerprint density at radius 2 is 0.917 bits per heavy atom. The zero-order chi connectivity index (χ0) is 9.46. The second kappa shape index (κ2) is 4.49. The number of hydrogen-bond donors (Lipinski definition) is 3. The fourth-order valence-electron chi connectivity index (χ4n) is 0.624. The molecule has 0 saturated heterocycles. The highest BCUT2D eigenvalue weighted by Gasteiger charge is 2.13. The summed E-state index contributed by atoms with van der Waals surface area (Å²) in [7, 11) is 0. The Labute approximate surface area is 112 Å². The van der Waals surface area contributed by atoms with Crippen molar-refractivity contribution in [2.24, 2.45) is 0 Å². The summed E-state index contributed by atoms with van der Waals surface area (Å²) < 4.78 is 2.65. The summed E-state index contributed by atoms with van der Waals surface area (Å²) >= 11 is 23.0. The number of benzene rings is 1. The molecule has 0 atom stereocenters. The van der Waals surface area contributed by atoms with Crippen LogP contribution in [-0.2, 0) is 0 Å². The van der Waals surface area contributed by atoms with Gasteiger partial charge in [-0.2, -0.15) is 0 Å². The third-order valence-electron chi connectivity index (χ3n) is 1.25. The van der Waals surface area contributed by atoms with Crippen LogP contribution < -0.4 is 0 Å². The molecule has 0 spiro atoms. The lowest BCUT2D eigenvalue weighted by Crippen LogP contribution is -1.83. The predicted molar refractivity (Wildman–Crippen MR) is 71.3 cm³/mol. The van der Waals surface area contributed by atoms with Gasteiger partial charge in [0.15, 0.2) is 0 Å². The minimum Gasteiger partial charge on any atom is -0.141 e. The molecular formula is C6H3Br3S3. The normalized spacial score (nSPS) is 10.5. The molecule has 0 fully saturated rings. The molecule has 1 rings (SSSR count). The van der Waals surface area contributed by atoms with E-state index in [1.54, 1.807) is 0 Å². The Kier molecular flexibility index (Phi) is 4.41. The molecule has 12 heavy (non-hydrogen) atoms. The standard InChI is InChI=1S/C6H3Br3S3/c7-1-2(8)4(10)6(12)5(11)3(1)9/h10-12H. The molecule has 1 aromatic rings. The van der Waals surface area contributed by atoms with Crippen molar-refractivity contribution >= 4 is 85.7 Å². The largest absolute Gasteiger partial charge is 0.141 e. The number of halogens is 3. The predicted octanol–water partition coefficient (Wildman–Crippen LogP) is 4.84. The van der Waals surface area contributed by atoms with Crippen molar-refractivity contribution in [2.75, 3.05) is 0 Å². The highest BCUT2D eigenvalue weighted by atomic mass is 79.9. The van der Waals surface area contributed by atoms with Crippen molar-refractivity contribution in [3.63, 3.8) is 0 Å². The molecule has 0 nitrogen and oxygen atoms in total. The van der Waals surface area contributed by atoms with Gasteiger partial charge in [-0.1, -0.05) is 0 Å². The molecule has 0 bridgehead atoms. The second-order valence-corrected chi connectivity index (χ2v) is 5.71. The monoisotopic (exact) mass is 408 g/mol. The summed E-state index contributed by atoms with van der Waals surface area (Å²) in [6.07, 6.45) is 0. The Morgan fingerprint density at radius 1 is 0.583 bits per heavy atom. The molecule has 0 heterocycles. The van der Waals surface area contributed by atoms with Crippen LogP contribution in [0, 0.1) is 0 Å². The van der Waals surface area contributed by atoms with Crippen molar-refractivity contribution < 1.29 is 0 Å². The quantitative estimate of drug-likeness (QED) is 0.395. The average molecular weight is 411 g/mol. The van der Waals surface area contributed by atoms with Gasteiger partial charge in [-0.3, -0.25) is 0 Å². The first kappa shape index (κ1) is 11.8. The van der Waals surface area contributed by atoms with Crippen LogP contribution in [0.1, 0.15) is 0 Å². The molecule has 0 amide bonds. The Hall–Kier alpha value is 1.71. The van der Waals surface area contributed by atoms with Crippen molar-refractivity contribution in [3.8, 4) is 0 Å². The summed E-state index contributed by atoms with van der Waals surface area (Å²) in [4.78, 5) is 2.31. The first-order chi connectivity index (χ1) is 5.46. The number of hydrogen-bond acceptors (Lipinski definition) is 3. The van der Waals surface area contributed by atoms with Crippen LogP contribution in [0.25, 0.3) is 0 Å². The van der Waals surface area contributed by atoms with E-state index in [1.807, 2.05) is 0 Å². The maximum Gasteiger partial charge on any atom is 0.0482 e. The zero-order valence-corrected chi connectivity index (χ0v) is 12.9. The van der Waals surface area contributed by atoms with Gasteiger partial charge >= 0.3 is 0 Å². The van der Waals surface area contributed by atoms with Crippen LogP contribution in [0.4, 0.5) is 0 Å². The molecule has 0 aromatic heterocycles. The molecule has 66 valence electrons. The van der Waals surface area contributed by atoms with Crippen molar-refractivity contribution in [2.45, 2.75) is 14.7 Å². The van der Waals surface area contributed by atoms with Gasteiger partial charge in [0, 0.05) is 28.1 Å². The third-order valence-corrected chi connectivity index (χ3v) is 7.00. The molecule has 0 aliphatic carbocycles. The number of thiol groups is 3. The van der Waals surface area contributed by atoms with E-state index in [1.165, 1.54) is 0 Å². The van der Waals surface area contributed by atoms with Gasteiger partial charge in [-0.25, -0.2) is 0 Å². The molecule has 0 aliphatic rings. The van der Waals surface area contributed by atoms with E-state index in [2.05, 4.69) is 85.7 Å². The van der Waals surface area contributed by atoms with E-state index in [9.17, 15) is 0 Å². The molecule has 1 aromatic carbocycles. The highest BCUT2D eigenvalue weighted by molar-refractivity contribution is 9.14. The first-order valence-electron chi connectivity index (χ1n) is 2.74. The topological polar surface area (TPSA) is 0 Å². The average Bonchev–Trinajstić information content (AvgIpc) is 2.08. The molecular weight excluding hydrogens is 408 g/mol. The van der Waals surface area contributed by atoms with Crippen LogP contribution in [0.15, 0.2) is 28.1 Å². The van der Waals surface area contributed by atoms with Crippen LogP contribution >= 0.6 is 85.7 Å². The van der Waals surface area contributed by atoms with E-state index in [0.29, 0.717) is 0 Å². The summed E-state index contributed by atoms with van der Waals surface area (Å²) in [5, 5.41) is 0. The van der Waals surface area contributed by atoms with E-state index in [4.69, 9.17) is 0 Å². The molecule has 0 unspecified atom stereocenters. The molecule has 6 heteroatoms. The van der Waals surface area contributed by atoms with Gasteiger partial charge in [0.05, 0.1) is 0 Å². The highest BCUT2D eigenvalue weighted by Crippen LogP contribution is 2.43. The van der Waals surface area contributed by atoms with E-state index >= 15 is 0 Å². The molecule has 0 aliphatic heterocycles. The van der Waals surface area contributed by atoms with Crippen LogP contribution in [-0.4, -0.2) is 0 Å². The molecule has 0 N–H and O–H groups in total. The van der Waals surface area contributed by atoms with Crippen LogP contribution in [0.5, 0.6) is 0 Å². The fourth-order valence-corrected chi connectivity index (χ4v) is 3.45. The second-order valence-electron chi connectivity index (χ2n) is 1.99. The first-order valence-corrected chi connectivity index (χ1v) is 6.46. The fraction of sp³-hybridized carbons (Fsp3) is 0. The third kappa shape index (κ3) is 2.03. The Bertz CT molecular complexity index is 232. The van der Waals surface area contributed by atoms with Crippen molar-refractivity contribution in [1.29, 1.82) is 0 Å². The summed E-state index contributed by atoms with van der Waals surface area (Å²) in [6.45, 7) is 0. The van der Waals surface area contributed by atoms with Gasteiger partial charge in [0.1, 0.15) is 0 Å². The lowest BCUT2D eigenvalue weighted by atomic mass is 10.3. The molecule has 0 radical (unpaired) electrons. The summed E-state index contributed by atoms with van der Waals surface area (Å²) in [5.41, 5.74) is 0. The molecule has 0 saturated carbocycles. The zero-order valence-electron chi connectivity index (χ0n) is 5.48. The van der Waals surface area contributed by atoms with E-state index in [0.717, 1.165) is 28.1 Å². The minimum absolute atomic E-state index is 0.753. The smallest absolute Gasteiger partial charge is 0.0482 e. The van der Waals surface area contributed by atoms with Gasteiger partial charge in [0.2, 0.25) is 0 Å². The van der Waals surface area contributed by atoms with Gasteiger partial charge < -0.3 is 0 Å². The SMILES string of the molecule is Sc1c(S)c(Br)c(Br)c(Br)c1S. The minimum atomic E-state index is 0.753. The lowest BCUT2D eigenvalue weighted by molar-refractivity contribution is 1.08. The summed E-state index contributed by atoms with van der Waals surface area (Å²) in [6, 6.07) is 0. The van der Waals surface area contributed by atoms with Crippen molar-refractivity contribution in [3.05, 3.63) is 13.4 Å². The maximum absolute atomic E-state index is 4.27. The Balaban J connectivity index is 3.60. The van der Waals surface area contributed by atoms with Crippen molar-refractivity contribution in [1.82, 2.24) is 0 Å². The van der Waals surface area contributed by atoms with Crippen LogP contribution in [0.2, 0.25) is 0 Å². The van der Waals surface area contributed by atoms with Gasteiger partial charge in [-0.05, 0) is 47.8 Å². The van der Waals surface area contributed by atoms with E-state index < -0.39 is 0 Å². The Morgan fingerprint density at radius 3 is 1.25 bits per heavy atom. The lowest BCUT2D eigenvalue weighted by Gasteiger charge is -2.09. The van der Waals surface area contributed by atoms with E-state index in [-0.39, 0.29) is 0 Å². The summed E-state index contributed by atoms with van der Waals surface area (Å²) in [5.74, 6) is 0. The van der Waals surface area contributed by atoms with Crippen LogP contribution in [0.3, 0.4) is 0 Å². The maximum atomic E-state index is 4.27. The van der Waals surface area contributed by atoms with Gasteiger partial charge in [-0.15, -0.1) is 37.9 Å².